The molecule has 1 aliphatic rings. The quantitative estimate of drug-likeness (QED) is 0.155. The number of methoxy groups -OCH3 is 1. The zero-order chi connectivity index (χ0) is 30.8. The van der Waals surface area contributed by atoms with Crippen LogP contribution in [0.1, 0.15) is 36.6 Å². The Morgan fingerprint density at radius 1 is 1.02 bits per heavy atom. The molecule has 43 heavy (non-hydrogen) atoms. The fraction of sp³-hybridized carbons (Fsp3) is 0.226. The second kappa shape index (κ2) is 14.7. The summed E-state index contributed by atoms with van der Waals surface area (Å²) >= 11 is 5.91. The van der Waals surface area contributed by atoms with Crippen LogP contribution in [0.5, 0.6) is 17.2 Å². The third-order valence-corrected chi connectivity index (χ3v) is 6.50. The van der Waals surface area contributed by atoms with E-state index in [1.807, 2.05) is 36.4 Å². The Morgan fingerprint density at radius 3 is 2.47 bits per heavy atom. The van der Waals surface area contributed by atoms with Gasteiger partial charge in [0.1, 0.15) is 12.4 Å². The zero-order valence-corrected chi connectivity index (χ0v) is 24.6. The Morgan fingerprint density at radius 2 is 1.77 bits per heavy atom. The molecular weight excluding hydrogens is 576 g/mol. The molecule has 0 unspecified atom stereocenters. The molecule has 1 heterocycles. The van der Waals surface area contributed by atoms with Gasteiger partial charge in [-0.2, -0.15) is 5.10 Å². The van der Waals surface area contributed by atoms with E-state index in [1.165, 1.54) is 13.3 Å². The maximum absolute atomic E-state index is 12.6. The number of benzene rings is 3. The monoisotopic (exact) mass is 606 g/mol. The number of nitrogens with zero attached hydrogens (tertiary/aromatic N) is 1. The molecule has 1 aliphatic heterocycles. The van der Waals surface area contributed by atoms with E-state index in [-0.39, 0.29) is 18.8 Å². The highest BCUT2D eigenvalue weighted by Gasteiger charge is 2.32. The molecule has 3 aromatic rings. The summed E-state index contributed by atoms with van der Waals surface area (Å²) in [5, 5.41) is 9.97. The van der Waals surface area contributed by atoms with Crippen LogP contribution < -0.4 is 30.3 Å². The van der Waals surface area contributed by atoms with Crippen molar-refractivity contribution in [3.8, 4) is 17.2 Å². The normalized spacial score (nSPS) is 14.5. The van der Waals surface area contributed by atoms with E-state index in [0.717, 1.165) is 11.1 Å². The fourth-order valence-electron chi connectivity index (χ4n) is 4.16. The van der Waals surface area contributed by atoms with Gasteiger partial charge in [0, 0.05) is 10.7 Å². The summed E-state index contributed by atoms with van der Waals surface area (Å²) in [7, 11) is 1.44. The summed E-state index contributed by atoms with van der Waals surface area (Å²) in [6, 6.07) is 18.3. The van der Waals surface area contributed by atoms with Crippen LogP contribution in [0.25, 0.3) is 0 Å². The largest absolute Gasteiger partial charge is 0.493 e. The number of hydrazone groups is 1. The van der Waals surface area contributed by atoms with Crippen molar-refractivity contribution >= 4 is 35.7 Å². The molecule has 1 atom stereocenters. The molecular formula is C31H31ClN4O7. The van der Waals surface area contributed by atoms with Crippen molar-refractivity contribution < 1.29 is 33.3 Å². The van der Waals surface area contributed by atoms with Crippen molar-refractivity contribution in [2.24, 2.45) is 5.10 Å². The Balaban J connectivity index is 1.31. The lowest BCUT2D eigenvalue weighted by molar-refractivity contribution is -0.139. The first-order valence-corrected chi connectivity index (χ1v) is 13.7. The zero-order valence-electron chi connectivity index (χ0n) is 23.8. The lowest BCUT2D eigenvalue weighted by Crippen LogP contribution is -2.45. The summed E-state index contributed by atoms with van der Waals surface area (Å²) in [5.41, 5.74) is 5.41. The van der Waals surface area contributed by atoms with E-state index in [2.05, 4.69) is 21.2 Å². The van der Waals surface area contributed by atoms with Gasteiger partial charge in [-0.1, -0.05) is 29.8 Å². The predicted molar refractivity (Wildman–Crippen MR) is 160 cm³/mol. The first kappa shape index (κ1) is 30.9. The number of hydrogen-bond acceptors (Lipinski definition) is 8. The van der Waals surface area contributed by atoms with Crippen LogP contribution >= 0.6 is 11.6 Å². The Hall–Kier alpha value is -5.03. The number of halogens is 1. The molecule has 3 N–H and O–H groups in total. The van der Waals surface area contributed by atoms with Crippen LogP contribution in [-0.2, 0) is 20.9 Å². The fourth-order valence-corrected chi connectivity index (χ4v) is 4.28. The van der Waals surface area contributed by atoms with Gasteiger partial charge in [0.2, 0.25) is 0 Å². The van der Waals surface area contributed by atoms with Gasteiger partial charge in [-0.15, -0.1) is 0 Å². The van der Waals surface area contributed by atoms with Gasteiger partial charge in [0.15, 0.2) is 18.1 Å². The molecule has 11 nitrogen and oxygen atoms in total. The number of amides is 3. The van der Waals surface area contributed by atoms with Crippen LogP contribution in [-0.4, -0.2) is 44.4 Å². The van der Waals surface area contributed by atoms with Crippen LogP contribution in [0.3, 0.4) is 0 Å². The Kier molecular flexibility index (Phi) is 10.6. The maximum Gasteiger partial charge on any atom is 0.338 e. The minimum atomic E-state index is -0.766. The van der Waals surface area contributed by atoms with E-state index < -0.39 is 23.9 Å². The maximum atomic E-state index is 12.6. The topological polar surface area (TPSA) is 137 Å². The molecule has 3 amide bonds. The summed E-state index contributed by atoms with van der Waals surface area (Å²) in [6.45, 7) is 3.59. The predicted octanol–water partition coefficient (Wildman–Crippen LogP) is 4.65. The van der Waals surface area contributed by atoms with E-state index in [4.69, 9.17) is 30.5 Å². The van der Waals surface area contributed by atoms with Crippen LogP contribution in [0, 0.1) is 0 Å². The molecule has 0 fully saturated rings. The number of nitrogens with one attached hydrogen (secondary N) is 3. The number of rotatable bonds is 12. The van der Waals surface area contributed by atoms with Crippen molar-refractivity contribution in [2.75, 3.05) is 20.3 Å². The van der Waals surface area contributed by atoms with Crippen LogP contribution in [0.4, 0.5) is 4.79 Å². The molecule has 224 valence electrons. The van der Waals surface area contributed by atoms with Crippen molar-refractivity contribution in [1.82, 2.24) is 16.1 Å². The average Bonchev–Trinajstić information content (AvgIpc) is 3.00. The van der Waals surface area contributed by atoms with E-state index in [9.17, 15) is 14.4 Å². The highest BCUT2D eigenvalue weighted by atomic mass is 35.5. The molecule has 12 heteroatoms. The van der Waals surface area contributed by atoms with Gasteiger partial charge in [0.25, 0.3) is 5.91 Å². The molecule has 0 radical (unpaired) electrons. The van der Waals surface area contributed by atoms with E-state index in [1.54, 1.807) is 44.2 Å². The van der Waals surface area contributed by atoms with Gasteiger partial charge in [0.05, 0.1) is 31.5 Å². The van der Waals surface area contributed by atoms with Gasteiger partial charge in [-0.3, -0.25) is 4.79 Å². The minimum Gasteiger partial charge on any atom is -0.493 e. The molecule has 0 aliphatic carbocycles. The highest BCUT2D eigenvalue weighted by Crippen LogP contribution is 2.34. The summed E-state index contributed by atoms with van der Waals surface area (Å²) in [4.78, 5) is 37.0. The molecule has 3 aromatic carbocycles. The lowest BCUT2D eigenvalue weighted by atomic mass is 9.95. The molecule has 0 saturated heterocycles. The number of carbonyl (C=O) groups excluding carboxylic acids is 3. The van der Waals surface area contributed by atoms with Gasteiger partial charge in [-0.05, 0) is 79.1 Å². The van der Waals surface area contributed by atoms with Crippen molar-refractivity contribution in [2.45, 2.75) is 26.5 Å². The van der Waals surface area contributed by atoms with Crippen molar-refractivity contribution in [3.05, 3.63) is 99.7 Å². The third kappa shape index (κ3) is 8.49. The second-order valence-corrected chi connectivity index (χ2v) is 9.70. The molecule has 0 saturated carbocycles. The number of allylic oxidation sites excluding steroid dienone is 1. The summed E-state index contributed by atoms with van der Waals surface area (Å²) in [5.74, 6) is 0.251. The van der Waals surface area contributed by atoms with Gasteiger partial charge < -0.3 is 29.6 Å². The SMILES string of the molecule is CCOC(=O)C1=C(C)NC(=O)N[C@H]1c1ccc(OCC(=O)N/N=C\c2ccc(OCc3ccc(Cl)cc3)cc2)c(OC)c1. The van der Waals surface area contributed by atoms with E-state index in [0.29, 0.717) is 40.1 Å². The number of esters is 1. The number of ether oxygens (including phenoxy) is 4. The smallest absolute Gasteiger partial charge is 0.338 e. The average molecular weight is 607 g/mol. The molecule has 0 bridgehead atoms. The number of hydrogen-bond donors (Lipinski definition) is 3. The molecule has 0 aromatic heterocycles. The lowest BCUT2D eigenvalue weighted by Gasteiger charge is -2.28. The third-order valence-electron chi connectivity index (χ3n) is 6.25. The standard InChI is InChI=1S/C31H31ClN4O7/c1-4-41-30(38)28-19(2)34-31(39)35-29(28)22-9-14-25(26(15-22)40-3)43-18-27(37)36-33-16-20-7-12-24(13-8-20)42-17-21-5-10-23(32)11-6-21/h5-16,29H,4,17-18H2,1-3H3,(H,36,37)(H2,34,35,39)/b33-16-/t29-/m0/s1. The number of carbonyl (C=O) groups is 3. The number of urea groups is 1. The Bertz CT molecular complexity index is 1520. The second-order valence-electron chi connectivity index (χ2n) is 9.27. The van der Waals surface area contributed by atoms with E-state index >= 15 is 0 Å². The van der Waals surface area contributed by atoms with Crippen molar-refractivity contribution in [1.29, 1.82) is 0 Å². The van der Waals surface area contributed by atoms with Crippen molar-refractivity contribution in [3.63, 3.8) is 0 Å². The van der Waals surface area contributed by atoms with Crippen LogP contribution in [0.15, 0.2) is 83.1 Å². The first-order valence-electron chi connectivity index (χ1n) is 13.3. The summed E-state index contributed by atoms with van der Waals surface area (Å²) < 4.78 is 22.0. The molecule has 4 rings (SSSR count). The van der Waals surface area contributed by atoms with Gasteiger partial charge >= 0.3 is 12.0 Å². The van der Waals surface area contributed by atoms with Crippen LogP contribution in [0.2, 0.25) is 5.02 Å². The minimum absolute atomic E-state index is 0.186. The van der Waals surface area contributed by atoms with Gasteiger partial charge in [-0.25, -0.2) is 15.0 Å². The highest BCUT2D eigenvalue weighted by molar-refractivity contribution is 6.30. The first-order chi connectivity index (χ1) is 20.8. The summed E-state index contributed by atoms with van der Waals surface area (Å²) in [6.07, 6.45) is 1.50. The Labute approximate surface area is 253 Å². The molecule has 0 spiro atoms.